The Balaban J connectivity index is 2.44. The summed E-state index contributed by atoms with van der Waals surface area (Å²) in [7, 11) is 0. The molecule has 1 atom stereocenters. The Morgan fingerprint density at radius 3 is 2.54 bits per heavy atom. The molecule has 0 aromatic carbocycles. The molecule has 0 aromatic heterocycles. The van der Waals surface area contributed by atoms with Gasteiger partial charge in [-0.1, -0.05) is 20.8 Å². The van der Waals surface area contributed by atoms with Crippen molar-refractivity contribution >= 4 is 5.78 Å². The number of hydrogen-bond acceptors (Lipinski definition) is 2. The van der Waals surface area contributed by atoms with Crippen molar-refractivity contribution in [3.8, 4) is 0 Å². The van der Waals surface area contributed by atoms with Gasteiger partial charge in [0.1, 0.15) is 5.78 Å². The molecule has 1 aliphatic rings. The lowest BCUT2D eigenvalue weighted by Crippen LogP contribution is -2.37. The molecule has 1 aliphatic heterocycles. The summed E-state index contributed by atoms with van der Waals surface area (Å²) in [4.78, 5) is 13.7. The van der Waals surface area contributed by atoms with Gasteiger partial charge in [-0.25, -0.2) is 0 Å². The van der Waals surface area contributed by atoms with Crippen molar-refractivity contribution in [2.45, 2.75) is 34.1 Å². The van der Waals surface area contributed by atoms with E-state index in [1.165, 1.54) is 6.42 Å². The molecule has 76 valence electrons. The smallest absolute Gasteiger partial charge is 0.136 e. The monoisotopic (exact) mass is 183 g/mol. The Labute approximate surface area is 81.3 Å². The third kappa shape index (κ3) is 2.80. The highest BCUT2D eigenvalue weighted by Gasteiger charge is 2.29. The zero-order valence-corrected chi connectivity index (χ0v) is 9.26. The molecule has 0 bridgehead atoms. The lowest BCUT2D eigenvalue weighted by molar-refractivity contribution is -0.125. The van der Waals surface area contributed by atoms with E-state index in [0.717, 1.165) is 25.6 Å². The third-order valence-corrected chi connectivity index (χ3v) is 3.08. The topological polar surface area (TPSA) is 20.3 Å². The summed E-state index contributed by atoms with van der Waals surface area (Å²) in [6.45, 7) is 11.3. The molecule has 2 heteroatoms. The Bertz CT molecular complexity index is 198. The Kier molecular flexibility index (Phi) is 3.12. The summed E-state index contributed by atoms with van der Waals surface area (Å²) in [5.41, 5.74) is -0.163. The number of carbonyl (C=O) groups is 1. The highest BCUT2D eigenvalue weighted by atomic mass is 16.1. The molecule has 1 saturated heterocycles. The van der Waals surface area contributed by atoms with Crippen LogP contribution in [0.4, 0.5) is 0 Å². The van der Waals surface area contributed by atoms with Crippen LogP contribution in [0.3, 0.4) is 0 Å². The number of Topliss-reactive ketones (excluding diaryl/α,β-unsaturated/α-hetero) is 1. The zero-order chi connectivity index (χ0) is 10.1. The van der Waals surface area contributed by atoms with Crippen LogP contribution in [0.5, 0.6) is 0 Å². The first kappa shape index (κ1) is 10.7. The van der Waals surface area contributed by atoms with E-state index < -0.39 is 0 Å². The first-order valence-corrected chi connectivity index (χ1v) is 5.15. The first-order chi connectivity index (χ1) is 5.92. The fourth-order valence-corrected chi connectivity index (χ4v) is 1.84. The maximum atomic E-state index is 11.3. The van der Waals surface area contributed by atoms with Gasteiger partial charge in [0, 0.05) is 18.5 Å². The van der Waals surface area contributed by atoms with Crippen molar-refractivity contribution in [1.82, 2.24) is 4.90 Å². The van der Waals surface area contributed by atoms with E-state index in [2.05, 4.69) is 11.8 Å². The molecule has 2 nitrogen and oxygen atoms in total. The molecule has 0 radical (unpaired) electrons. The van der Waals surface area contributed by atoms with E-state index >= 15 is 0 Å². The summed E-state index contributed by atoms with van der Waals surface area (Å²) in [6.07, 6.45) is 1.29. The van der Waals surface area contributed by atoms with Crippen LogP contribution in [0.1, 0.15) is 34.1 Å². The van der Waals surface area contributed by atoms with Crippen molar-refractivity contribution in [1.29, 1.82) is 0 Å². The van der Waals surface area contributed by atoms with Crippen LogP contribution in [0, 0.1) is 11.3 Å². The minimum atomic E-state index is -0.163. The van der Waals surface area contributed by atoms with Gasteiger partial charge in [-0.2, -0.15) is 0 Å². The highest BCUT2D eigenvalue weighted by Crippen LogP contribution is 2.23. The van der Waals surface area contributed by atoms with Crippen LogP contribution in [-0.2, 0) is 4.79 Å². The largest absolute Gasteiger partial charge is 0.302 e. The van der Waals surface area contributed by atoms with Gasteiger partial charge in [0.25, 0.3) is 0 Å². The van der Waals surface area contributed by atoms with E-state index in [9.17, 15) is 4.79 Å². The van der Waals surface area contributed by atoms with E-state index in [1.54, 1.807) is 6.92 Å². The van der Waals surface area contributed by atoms with Gasteiger partial charge in [0.15, 0.2) is 0 Å². The van der Waals surface area contributed by atoms with E-state index in [1.807, 2.05) is 13.8 Å². The van der Waals surface area contributed by atoms with Crippen molar-refractivity contribution < 1.29 is 4.79 Å². The van der Waals surface area contributed by atoms with Crippen molar-refractivity contribution in [3.05, 3.63) is 0 Å². The molecule has 1 unspecified atom stereocenters. The summed E-state index contributed by atoms with van der Waals surface area (Å²) in [5.74, 6) is 1.11. The van der Waals surface area contributed by atoms with E-state index in [4.69, 9.17) is 0 Å². The number of carbonyl (C=O) groups excluding carboxylic acids is 1. The second kappa shape index (κ2) is 3.79. The zero-order valence-electron chi connectivity index (χ0n) is 9.26. The SMILES string of the molecule is CC(=O)C(C)(C)CN1CCC(C)C1. The highest BCUT2D eigenvalue weighted by molar-refractivity contribution is 5.81. The van der Waals surface area contributed by atoms with Gasteiger partial charge >= 0.3 is 0 Å². The lowest BCUT2D eigenvalue weighted by atomic mass is 9.88. The average Bonchev–Trinajstić information content (AvgIpc) is 2.34. The number of hydrogen-bond donors (Lipinski definition) is 0. The number of likely N-dealkylation sites (tertiary alicyclic amines) is 1. The van der Waals surface area contributed by atoms with Gasteiger partial charge in [0.2, 0.25) is 0 Å². The summed E-state index contributed by atoms with van der Waals surface area (Å²) in [6, 6.07) is 0. The van der Waals surface area contributed by atoms with E-state index in [0.29, 0.717) is 5.78 Å². The predicted molar refractivity (Wildman–Crippen MR) is 54.7 cm³/mol. The number of rotatable bonds is 3. The second-order valence-corrected chi connectivity index (χ2v) is 5.07. The average molecular weight is 183 g/mol. The fourth-order valence-electron chi connectivity index (χ4n) is 1.84. The molecule has 0 spiro atoms. The third-order valence-electron chi connectivity index (χ3n) is 3.08. The summed E-state index contributed by atoms with van der Waals surface area (Å²) < 4.78 is 0. The van der Waals surface area contributed by atoms with Crippen LogP contribution in [0.2, 0.25) is 0 Å². The molecular formula is C11H21NO. The molecule has 13 heavy (non-hydrogen) atoms. The standard InChI is InChI=1S/C11H21NO/c1-9-5-6-12(7-9)8-11(3,4)10(2)13/h9H,5-8H2,1-4H3. The van der Waals surface area contributed by atoms with Crippen LogP contribution in [0.15, 0.2) is 0 Å². The normalized spacial score (nSPS) is 25.1. The van der Waals surface area contributed by atoms with Gasteiger partial charge in [-0.15, -0.1) is 0 Å². The van der Waals surface area contributed by atoms with Crippen LogP contribution < -0.4 is 0 Å². The van der Waals surface area contributed by atoms with Crippen molar-refractivity contribution in [3.63, 3.8) is 0 Å². The van der Waals surface area contributed by atoms with Gasteiger partial charge in [-0.05, 0) is 25.8 Å². The molecule has 0 aliphatic carbocycles. The maximum absolute atomic E-state index is 11.3. The van der Waals surface area contributed by atoms with Gasteiger partial charge in [-0.3, -0.25) is 4.79 Å². The summed E-state index contributed by atoms with van der Waals surface area (Å²) >= 11 is 0. The van der Waals surface area contributed by atoms with E-state index in [-0.39, 0.29) is 5.41 Å². The second-order valence-electron chi connectivity index (χ2n) is 5.07. The Morgan fingerprint density at radius 2 is 2.15 bits per heavy atom. The minimum Gasteiger partial charge on any atom is -0.302 e. The minimum absolute atomic E-state index is 0.163. The van der Waals surface area contributed by atoms with Crippen LogP contribution in [0.25, 0.3) is 0 Å². The quantitative estimate of drug-likeness (QED) is 0.666. The van der Waals surface area contributed by atoms with Crippen LogP contribution in [-0.4, -0.2) is 30.3 Å². The molecular weight excluding hydrogens is 162 g/mol. The molecule has 0 N–H and O–H groups in total. The lowest BCUT2D eigenvalue weighted by Gasteiger charge is -2.27. The Morgan fingerprint density at radius 1 is 1.54 bits per heavy atom. The number of ketones is 1. The van der Waals surface area contributed by atoms with Crippen molar-refractivity contribution in [2.24, 2.45) is 11.3 Å². The fraction of sp³-hybridized carbons (Fsp3) is 0.909. The molecule has 0 saturated carbocycles. The first-order valence-electron chi connectivity index (χ1n) is 5.15. The molecule has 1 fully saturated rings. The van der Waals surface area contributed by atoms with Crippen LogP contribution >= 0.6 is 0 Å². The van der Waals surface area contributed by atoms with Gasteiger partial charge in [0.05, 0.1) is 0 Å². The number of nitrogens with zero attached hydrogens (tertiary/aromatic N) is 1. The summed E-state index contributed by atoms with van der Waals surface area (Å²) in [5, 5.41) is 0. The maximum Gasteiger partial charge on any atom is 0.136 e. The Hall–Kier alpha value is -0.370. The predicted octanol–water partition coefficient (Wildman–Crippen LogP) is 1.94. The molecule has 0 aromatic rings. The van der Waals surface area contributed by atoms with Crippen molar-refractivity contribution in [2.75, 3.05) is 19.6 Å². The molecule has 0 amide bonds. The molecule has 1 rings (SSSR count). The van der Waals surface area contributed by atoms with Gasteiger partial charge < -0.3 is 4.90 Å². The molecule has 1 heterocycles.